The molecule has 29 heavy (non-hydrogen) atoms. The first-order chi connectivity index (χ1) is 14.1. The van der Waals surface area contributed by atoms with Crippen molar-refractivity contribution in [3.8, 4) is 11.5 Å². The number of hydrogen-bond acceptors (Lipinski definition) is 5. The van der Waals surface area contributed by atoms with Crippen molar-refractivity contribution < 1.29 is 19.1 Å². The number of amides is 2. The molecule has 2 amide bonds. The molecule has 3 aromatic rings. The second-order valence-corrected chi connectivity index (χ2v) is 6.06. The summed E-state index contributed by atoms with van der Waals surface area (Å²) < 4.78 is 10.5. The van der Waals surface area contributed by atoms with Gasteiger partial charge in [0.15, 0.2) is 0 Å². The molecule has 2 N–H and O–H groups in total. The minimum Gasteiger partial charge on any atom is -0.497 e. The number of nitrogens with zero attached hydrogens (tertiary/aromatic N) is 1. The zero-order valence-electron chi connectivity index (χ0n) is 16.1. The van der Waals surface area contributed by atoms with Crippen molar-refractivity contribution in [1.29, 1.82) is 0 Å². The van der Waals surface area contributed by atoms with Crippen LogP contribution in [0.1, 0.15) is 27.6 Å². The molecule has 1 heterocycles. The molecule has 3 rings (SSSR count). The van der Waals surface area contributed by atoms with Crippen LogP contribution in [0, 0.1) is 0 Å². The second-order valence-electron chi connectivity index (χ2n) is 6.06. The highest BCUT2D eigenvalue weighted by atomic mass is 16.5. The largest absolute Gasteiger partial charge is 0.497 e. The van der Waals surface area contributed by atoms with Gasteiger partial charge < -0.3 is 20.1 Å². The topological polar surface area (TPSA) is 89.5 Å². The van der Waals surface area contributed by atoms with E-state index in [0.717, 1.165) is 5.75 Å². The van der Waals surface area contributed by atoms with Gasteiger partial charge in [-0.3, -0.25) is 14.6 Å². The Morgan fingerprint density at radius 1 is 0.828 bits per heavy atom. The van der Waals surface area contributed by atoms with Gasteiger partial charge in [-0.15, -0.1) is 0 Å². The molecule has 0 saturated heterocycles. The van der Waals surface area contributed by atoms with E-state index in [-0.39, 0.29) is 22.9 Å². The fraction of sp³-hybridized carbons (Fsp3) is 0.136. The lowest BCUT2D eigenvalue weighted by molar-refractivity contribution is 0.102. The molecule has 0 fully saturated rings. The Hall–Kier alpha value is -3.87. The molecule has 0 aliphatic rings. The number of anilines is 2. The molecule has 0 spiro atoms. The minimum atomic E-state index is -0.363. The zero-order chi connectivity index (χ0) is 20.6. The quantitative estimate of drug-likeness (QED) is 0.636. The van der Waals surface area contributed by atoms with Crippen LogP contribution < -0.4 is 20.1 Å². The van der Waals surface area contributed by atoms with Gasteiger partial charge in [0.1, 0.15) is 11.5 Å². The Morgan fingerprint density at radius 3 is 1.76 bits per heavy atom. The molecule has 0 atom stereocenters. The van der Waals surface area contributed by atoms with Gasteiger partial charge in [-0.1, -0.05) is 0 Å². The molecule has 148 valence electrons. The van der Waals surface area contributed by atoms with Crippen LogP contribution in [0.2, 0.25) is 0 Å². The number of carbonyl (C=O) groups excluding carboxylic acids is 2. The van der Waals surface area contributed by atoms with Crippen molar-refractivity contribution in [2.24, 2.45) is 0 Å². The monoisotopic (exact) mass is 391 g/mol. The molecule has 0 aliphatic carbocycles. The number of rotatable bonds is 7. The SMILES string of the molecule is CCOc1ccc(NC(=O)c2cncc(C(=O)Nc3ccc(OC)cc3)c2)cc1. The first-order valence-corrected chi connectivity index (χ1v) is 9.03. The Balaban J connectivity index is 1.67. The van der Waals surface area contributed by atoms with Gasteiger partial charge in [0.25, 0.3) is 11.8 Å². The van der Waals surface area contributed by atoms with E-state index in [0.29, 0.717) is 23.7 Å². The van der Waals surface area contributed by atoms with Gasteiger partial charge >= 0.3 is 0 Å². The number of hydrogen-bond donors (Lipinski definition) is 2. The van der Waals surface area contributed by atoms with Gasteiger partial charge in [-0.05, 0) is 61.5 Å². The normalized spacial score (nSPS) is 10.1. The predicted octanol–water partition coefficient (Wildman–Crippen LogP) is 3.99. The number of pyridine rings is 1. The summed E-state index contributed by atoms with van der Waals surface area (Å²) in [6, 6.07) is 15.5. The third-order valence-corrected chi connectivity index (χ3v) is 4.03. The van der Waals surface area contributed by atoms with E-state index in [1.807, 2.05) is 6.92 Å². The Kier molecular flexibility index (Phi) is 6.42. The lowest BCUT2D eigenvalue weighted by Gasteiger charge is -2.09. The minimum absolute atomic E-state index is 0.278. The van der Waals surface area contributed by atoms with E-state index in [1.54, 1.807) is 55.6 Å². The summed E-state index contributed by atoms with van der Waals surface area (Å²) in [6.45, 7) is 2.48. The van der Waals surface area contributed by atoms with Crippen molar-refractivity contribution in [2.75, 3.05) is 24.4 Å². The van der Waals surface area contributed by atoms with Crippen LogP contribution in [-0.4, -0.2) is 30.5 Å². The van der Waals surface area contributed by atoms with Gasteiger partial charge in [0, 0.05) is 23.8 Å². The van der Waals surface area contributed by atoms with Crippen LogP contribution in [-0.2, 0) is 0 Å². The molecular formula is C22H21N3O4. The summed E-state index contributed by atoms with van der Waals surface area (Å²) in [7, 11) is 1.57. The highest BCUT2D eigenvalue weighted by molar-refractivity contribution is 6.08. The number of ether oxygens (including phenoxy) is 2. The lowest BCUT2D eigenvalue weighted by Crippen LogP contribution is -2.16. The van der Waals surface area contributed by atoms with Crippen LogP contribution in [0.4, 0.5) is 11.4 Å². The summed E-state index contributed by atoms with van der Waals surface area (Å²) in [4.78, 5) is 29.0. The molecule has 0 aliphatic heterocycles. The Bertz CT molecular complexity index is 986. The molecular weight excluding hydrogens is 370 g/mol. The number of benzene rings is 2. The highest BCUT2D eigenvalue weighted by Crippen LogP contribution is 2.18. The summed E-state index contributed by atoms with van der Waals surface area (Å²) >= 11 is 0. The maximum absolute atomic E-state index is 12.5. The molecule has 0 bridgehead atoms. The fourth-order valence-corrected chi connectivity index (χ4v) is 2.57. The second kappa shape index (κ2) is 9.36. The summed E-state index contributed by atoms with van der Waals surface area (Å²) in [5.74, 6) is 0.695. The number of carbonyl (C=O) groups is 2. The fourth-order valence-electron chi connectivity index (χ4n) is 2.57. The van der Waals surface area contributed by atoms with E-state index < -0.39 is 0 Å². The molecule has 0 unspecified atom stereocenters. The number of aromatic nitrogens is 1. The molecule has 7 nitrogen and oxygen atoms in total. The summed E-state index contributed by atoms with van der Waals surface area (Å²) in [6.07, 6.45) is 2.82. The number of nitrogens with one attached hydrogen (secondary N) is 2. The molecule has 1 aromatic heterocycles. The van der Waals surface area contributed by atoms with E-state index in [4.69, 9.17) is 9.47 Å². The average molecular weight is 391 g/mol. The Morgan fingerprint density at radius 2 is 1.31 bits per heavy atom. The molecule has 0 radical (unpaired) electrons. The van der Waals surface area contributed by atoms with E-state index in [9.17, 15) is 9.59 Å². The maximum Gasteiger partial charge on any atom is 0.257 e. The zero-order valence-corrected chi connectivity index (χ0v) is 16.1. The average Bonchev–Trinajstić information content (AvgIpc) is 2.76. The standard InChI is InChI=1S/C22H21N3O4/c1-3-29-20-10-6-18(7-11-20)25-22(27)16-12-15(13-23-14-16)21(26)24-17-4-8-19(28-2)9-5-17/h4-14H,3H2,1-2H3,(H,24,26)(H,25,27). The molecule has 0 saturated carbocycles. The van der Waals surface area contributed by atoms with E-state index >= 15 is 0 Å². The summed E-state index contributed by atoms with van der Waals surface area (Å²) in [5.41, 5.74) is 1.79. The van der Waals surface area contributed by atoms with Crippen molar-refractivity contribution in [3.05, 3.63) is 78.1 Å². The van der Waals surface area contributed by atoms with Crippen LogP contribution in [0.5, 0.6) is 11.5 Å². The van der Waals surface area contributed by atoms with Gasteiger partial charge in [-0.2, -0.15) is 0 Å². The van der Waals surface area contributed by atoms with E-state index in [1.165, 1.54) is 18.5 Å². The third kappa shape index (κ3) is 5.32. The third-order valence-electron chi connectivity index (χ3n) is 4.03. The van der Waals surface area contributed by atoms with Crippen molar-refractivity contribution in [1.82, 2.24) is 4.98 Å². The van der Waals surface area contributed by atoms with Gasteiger partial charge in [0.05, 0.1) is 24.8 Å². The predicted molar refractivity (Wildman–Crippen MR) is 111 cm³/mol. The number of methoxy groups -OCH3 is 1. The van der Waals surface area contributed by atoms with E-state index in [2.05, 4.69) is 15.6 Å². The van der Waals surface area contributed by atoms with Crippen LogP contribution in [0.15, 0.2) is 67.0 Å². The van der Waals surface area contributed by atoms with Crippen LogP contribution in [0.3, 0.4) is 0 Å². The van der Waals surface area contributed by atoms with Crippen molar-refractivity contribution in [2.45, 2.75) is 6.92 Å². The van der Waals surface area contributed by atoms with Crippen molar-refractivity contribution >= 4 is 23.2 Å². The lowest BCUT2D eigenvalue weighted by atomic mass is 10.1. The maximum atomic E-state index is 12.5. The first-order valence-electron chi connectivity index (χ1n) is 9.03. The van der Waals surface area contributed by atoms with Gasteiger partial charge in [0.2, 0.25) is 0 Å². The van der Waals surface area contributed by atoms with Crippen LogP contribution in [0.25, 0.3) is 0 Å². The molecule has 7 heteroatoms. The summed E-state index contributed by atoms with van der Waals surface area (Å²) in [5, 5.41) is 5.54. The first kappa shape index (κ1) is 19.9. The Labute approximate surface area is 168 Å². The van der Waals surface area contributed by atoms with Gasteiger partial charge in [-0.25, -0.2) is 0 Å². The van der Waals surface area contributed by atoms with Crippen LogP contribution >= 0.6 is 0 Å². The molecule has 2 aromatic carbocycles. The highest BCUT2D eigenvalue weighted by Gasteiger charge is 2.12. The smallest absolute Gasteiger partial charge is 0.257 e. The van der Waals surface area contributed by atoms with Crippen molar-refractivity contribution in [3.63, 3.8) is 0 Å².